The second-order valence-corrected chi connectivity index (χ2v) is 7.12. The van der Waals surface area contributed by atoms with Gasteiger partial charge in [0.05, 0.1) is 5.02 Å². The zero-order valence-corrected chi connectivity index (χ0v) is 16.8. The van der Waals surface area contributed by atoms with Crippen LogP contribution in [0.3, 0.4) is 0 Å². The minimum atomic E-state index is -0.589. The quantitative estimate of drug-likeness (QED) is 0.681. The van der Waals surface area contributed by atoms with Crippen molar-refractivity contribution in [1.82, 2.24) is 20.2 Å². The van der Waals surface area contributed by atoms with E-state index in [1.165, 1.54) is 0 Å². The molecular weight excluding hydrogens is 378 g/mol. The van der Waals surface area contributed by atoms with Crippen LogP contribution in [0.15, 0.2) is 42.7 Å². The maximum atomic E-state index is 12.2. The summed E-state index contributed by atoms with van der Waals surface area (Å²) in [6.45, 7) is 7.07. The third-order valence-corrected chi connectivity index (χ3v) is 4.98. The van der Waals surface area contributed by atoms with Crippen LogP contribution < -0.4 is 15.0 Å². The smallest absolute Gasteiger partial charge is 0.260 e. The van der Waals surface area contributed by atoms with Gasteiger partial charge in [-0.25, -0.2) is 9.97 Å². The Balaban J connectivity index is 1.31. The van der Waals surface area contributed by atoms with Gasteiger partial charge in [-0.05, 0) is 38.1 Å². The first-order valence-corrected chi connectivity index (χ1v) is 9.94. The predicted molar refractivity (Wildman–Crippen MR) is 110 cm³/mol. The van der Waals surface area contributed by atoms with Gasteiger partial charge in [-0.3, -0.25) is 9.69 Å². The van der Waals surface area contributed by atoms with Crippen molar-refractivity contribution >= 4 is 23.5 Å². The molecule has 0 radical (unpaired) electrons. The normalized spacial score (nSPS) is 15.9. The van der Waals surface area contributed by atoms with E-state index in [9.17, 15) is 4.79 Å². The number of halogens is 1. The van der Waals surface area contributed by atoms with E-state index in [-0.39, 0.29) is 5.91 Å². The molecule has 28 heavy (non-hydrogen) atoms. The van der Waals surface area contributed by atoms with Crippen LogP contribution in [0, 0.1) is 0 Å². The van der Waals surface area contributed by atoms with Crippen LogP contribution >= 0.6 is 11.6 Å². The Kier molecular flexibility index (Phi) is 7.45. The van der Waals surface area contributed by atoms with Gasteiger partial charge in [-0.2, -0.15) is 0 Å². The number of para-hydroxylation sites is 1. The largest absolute Gasteiger partial charge is 0.479 e. The topological polar surface area (TPSA) is 70.6 Å². The highest BCUT2D eigenvalue weighted by Crippen LogP contribution is 2.24. The molecule has 3 rings (SSSR count). The zero-order valence-electron chi connectivity index (χ0n) is 16.1. The Bertz CT molecular complexity index is 753. The molecule has 1 aromatic heterocycles. The van der Waals surface area contributed by atoms with E-state index >= 15 is 0 Å². The van der Waals surface area contributed by atoms with Crippen molar-refractivity contribution in [1.29, 1.82) is 0 Å². The number of carbonyl (C=O) groups excluding carboxylic acids is 1. The highest BCUT2D eigenvalue weighted by molar-refractivity contribution is 6.32. The standard InChI is InChI=1S/C20H26ClN5O2/c1-16(28-18-7-3-2-6-17(18)21)19(27)22-10-5-11-25-12-14-26(15-13-25)20-23-8-4-9-24-20/h2-4,6-9,16H,5,10-15H2,1H3,(H,22,27). The molecule has 0 saturated carbocycles. The van der Waals surface area contributed by atoms with E-state index in [4.69, 9.17) is 16.3 Å². The minimum absolute atomic E-state index is 0.133. The van der Waals surface area contributed by atoms with Crippen molar-refractivity contribution in [3.63, 3.8) is 0 Å². The van der Waals surface area contributed by atoms with Crippen LogP contribution in [0.1, 0.15) is 13.3 Å². The summed E-state index contributed by atoms with van der Waals surface area (Å²) in [6, 6.07) is 8.98. The van der Waals surface area contributed by atoms with E-state index in [0.717, 1.165) is 45.1 Å². The Labute approximate surface area is 170 Å². The van der Waals surface area contributed by atoms with Gasteiger partial charge in [0, 0.05) is 45.1 Å². The highest BCUT2D eigenvalue weighted by Gasteiger charge is 2.19. The van der Waals surface area contributed by atoms with E-state index in [1.807, 2.05) is 18.2 Å². The summed E-state index contributed by atoms with van der Waals surface area (Å²) < 4.78 is 5.64. The first kappa shape index (κ1) is 20.4. The molecule has 2 aromatic rings. The predicted octanol–water partition coefficient (Wildman–Crippen LogP) is 2.23. The fourth-order valence-corrected chi connectivity index (χ4v) is 3.25. The third kappa shape index (κ3) is 5.81. The Morgan fingerprint density at radius 1 is 1.18 bits per heavy atom. The number of hydrogen-bond donors (Lipinski definition) is 1. The van der Waals surface area contributed by atoms with E-state index in [2.05, 4.69) is 25.1 Å². The van der Waals surface area contributed by atoms with E-state index in [0.29, 0.717) is 17.3 Å². The van der Waals surface area contributed by atoms with Crippen LogP contribution in [0.4, 0.5) is 5.95 Å². The molecule has 1 amide bonds. The van der Waals surface area contributed by atoms with Crippen molar-refractivity contribution < 1.29 is 9.53 Å². The first-order chi connectivity index (χ1) is 13.6. The van der Waals surface area contributed by atoms with Gasteiger partial charge in [-0.15, -0.1) is 0 Å². The van der Waals surface area contributed by atoms with Gasteiger partial charge >= 0.3 is 0 Å². The Morgan fingerprint density at radius 3 is 2.61 bits per heavy atom. The highest BCUT2D eigenvalue weighted by atomic mass is 35.5. The zero-order chi connectivity index (χ0) is 19.8. The molecule has 1 atom stereocenters. The molecule has 1 aliphatic rings. The minimum Gasteiger partial charge on any atom is -0.479 e. The number of aromatic nitrogens is 2. The number of benzene rings is 1. The average Bonchev–Trinajstić information content (AvgIpc) is 2.73. The molecule has 1 N–H and O–H groups in total. The van der Waals surface area contributed by atoms with Gasteiger partial charge in [0.15, 0.2) is 6.10 Å². The van der Waals surface area contributed by atoms with Crippen LogP contribution in [0.5, 0.6) is 5.75 Å². The molecule has 1 aromatic carbocycles. The second kappa shape index (κ2) is 10.2. The summed E-state index contributed by atoms with van der Waals surface area (Å²) in [4.78, 5) is 25.4. The number of anilines is 1. The monoisotopic (exact) mass is 403 g/mol. The number of rotatable bonds is 8. The molecule has 2 heterocycles. The number of ether oxygens (including phenoxy) is 1. The van der Waals surface area contributed by atoms with Crippen molar-refractivity contribution in [2.75, 3.05) is 44.2 Å². The number of carbonyl (C=O) groups is 1. The fourth-order valence-electron chi connectivity index (χ4n) is 3.07. The molecule has 1 unspecified atom stereocenters. The molecule has 7 nitrogen and oxygen atoms in total. The van der Waals surface area contributed by atoms with E-state index in [1.54, 1.807) is 31.5 Å². The van der Waals surface area contributed by atoms with Gasteiger partial charge in [0.25, 0.3) is 5.91 Å². The number of amides is 1. The number of nitrogens with one attached hydrogen (secondary N) is 1. The lowest BCUT2D eigenvalue weighted by molar-refractivity contribution is -0.127. The van der Waals surface area contributed by atoms with Crippen LogP contribution in [-0.4, -0.2) is 66.1 Å². The lowest BCUT2D eigenvalue weighted by atomic mass is 10.3. The molecular formula is C20H26ClN5O2. The van der Waals surface area contributed by atoms with Crippen LogP contribution in [0.2, 0.25) is 5.02 Å². The Morgan fingerprint density at radius 2 is 1.89 bits per heavy atom. The maximum absolute atomic E-state index is 12.2. The van der Waals surface area contributed by atoms with E-state index < -0.39 is 6.10 Å². The second-order valence-electron chi connectivity index (χ2n) is 6.71. The summed E-state index contributed by atoms with van der Waals surface area (Å²) >= 11 is 6.06. The molecule has 0 spiro atoms. The molecule has 1 aliphatic heterocycles. The van der Waals surface area contributed by atoms with Gasteiger partial charge in [-0.1, -0.05) is 23.7 Å². The fraction of sp³-hybridized carbons (Fsp3) is 0.450. The number of hydrogen-bond acceptors (Lipinski definition) is 6. The van der Waals surface area contributed by atoms with Crippen molar-refractivity contribution in [2.45, 2.75) is 19.4 Å². The SMILES string of the molecule is CC(Oc1ccccc1Cl)C(=O)NCCCN1CCN(c2ncccn2)CC1. The molecule has 1 saturated heterocycles. The maximum Gasteiger partial charge on any atom is 0.260 e. The summed E-state index contributed by atoms with van der Waals surface area (Å²) in [6.07, 6.45) is 3.85. The number of piperazine rings is 1. The molecule has 0 aliphatic carbocycles. The molecule has 8 heteroatoms. The summed E-state index contributed by atoms with van der Waals surface area (Å²) in [7, 11) is 0. The Hall–Kier alpha value is -2.38. The molecule has 0 bridgehead atoms. The first-order valence-electron chi connectivity index (χ1n) is 9.56. The average molecular weight is 404 g/mol. The summed E-state index contributed by atoms with van der Waals surface area (Å²) in [5.74, 6) is 1.18. The van der Waals surface area contributed by atoms with Crippen LogP contribution in [0.25, 0.3) is 0 Å². The number of nitrogens with zero attached hydrogens (tertiary/aromatic N) is 4. The third-order valence-electron chi connectivity index (χ3n) is 4.67. The van der Waals surface area contributed by atoms with Crippen molar-refractivity contribution in [3.05, 3.63) is 47.7 Å². The van der Waals surface area contributed by atoms with Crippen molar-refractivity contribution in [3.8, 4) is 5.75 Å². The molecule has 1 fully saturated rings. The van der Waals surface area contributed by atoms with Crippen LogP contribution in [-0.2, 0) is 4.79 Å². The van der Waals surface area contributed by atoms with Gasteiger partial charge in [0.1, 0.15) is 5.75 Å². The van der Waals surface area contributed by atoms with Gasteiger partial charge in [0.2, 0.25) is 5.95 Å². The van der Waals surface area contributed by atoms with Crippen molar-refractivity contribution in [2.24, 2.45) is 0 Å². The lowest BCUT2D eigenvalue weighted by Crippen LogP contribution is -2.47. The summed E-state index contributed by atoms with van der Waals surface area (Å²) in [5, 5.41) is 3.43. The van der Waals surface area contributed by atoms with Gasteiger partial charge < -0.3 is 15.0 Å². The lowest BCUT2D eigenvalue weighted by Gasteiger charge is -2.34. The molecule has 150 valence electrons. The summed E-state index contributed by atoms with van der Waals surface area (Å²) in [5.41, 5.74) is 0.